The standard InChI is InChI=1S/C25H20FNO4S/c1-15(17-5-7-18(8-6-17)25(29)30)27-24(28)23-20-12-13-31-14-22(20)32-21(23)11-4-16-2-9-19(26)10-3-16/h2-3,5-10,15H,12-14H2,1H3,(H,27,28)(H,29,30). The lowest BCUT2D eigenvalue weighted by Crippen LogP contribution is -2.28. The van der Waals surface area contributed by atoms with Crippen molar-refractivity contribution in [2.75, 3.05) is 6.61 Å². The number of rotatable bonds is 4. The van der Waals surface area contributed by atoms with Crippen molar-refractivity contribution < 1.29 is 23.8 Å². The van der Waals surface area contributed by atoms with Gasteiger partial charge in [-0.1, -0.05) is 18.1 Å². The normalized spacial score (nSPS) is 13.4. The van der Waals surface area contributed by atoms with Crippen LogP contribution in [0.15, 0.2) is 48.5 Å². The predicted octanol–water partition coefficient (Wildman–Crippen LogP) is 4.55. The molecule has 1 aliphatic heterocycles. The van der Waals surface area contributed by atoms with Gasteiger partial charge < -0.3 is 15.2 Å². The van der Waals surface area contributed by atoms with Crippen molar-refractivity contribution in [1.82, 2.24) is 5.32 Å². The Bertz CT molecular complexity index is 1220. The monoisotopic (exact) mass is 449 g/mol. The highest BCUT2D eigenvalue weighted by Crippen LogP contribution is 2.32. The molecule has 0 aliphatic carbocycles. The maximum Gasteiger partial charge on any atom is 0.335 e. The van der Waals surface area contributed by atoms with Gasteiger partial charge in [0.15, 0.2) is 0 Å². The van der Waals surface area contributed by atoms with E-state index in [9.17, 15) is 14.0 Å². The van der Waals surface area contributed by atoms with Crippen LogP contribution < -0.4 is 5.32 Å². The van der Waals surface area contributed by atoms with Gasteiger partial charge >= 0.3 is 5.97 Å². The molecular weight excluding hydrogens is 429 g/mol. The summed E-state index contributed by atoms with van der Waals surface area (Å²) in [5.74, 6) is 4.54. The van der Waals surface area contributed by atoms with Crippen molar-refractivity contribution in [3.8, 4) is 11.8 Å². The number of aromatic carboxylic acids is 1. The van der Waals surface area contributed by atoms with E-state index in [-0.39, 0.29) is 23.3 Å². The lowest BCUT2D eigenvalue weighted by Gasteiger charge is -2.17. The number of nitrogens with one attached hydrogen (secondary N) is 1. The van der Waals surface area contributed by atoms with Gasteiger partial charge in [-0.15, -0.1) is 11.3 Å². The third-order valence-corrected chi connectivity index (χ3v) is 6.34. The molecule has 4 rings (SSSR count). The third-order valence-electron chi connectivity index (χ3n) is 5.22. The minimum atomic E-state index is -0.996. The van der Waals surface area contributed by atoms with Crippen LogP contribution in [0, 0.1) is 17.7 Å². The van der Waals surface area contributed by atoms with E-state index in [0.29, 0.717) is 35.6 Å². The highest BCUT2D eigenvalue weighted by atomic mass is 32.1. The Balaban J connectivity index is 1.61. The van der Waals surface area contributed by atoms with Gasteiger partial charge in [0.1, 0.15) is 5.82 Å². The molecule has 32 heavy (non-hydrogen) atoms. The van der Waals surface area contributed by atoms with Crippen LogP contribution in [-0.4, -0.2) is 23.6 Å². The summed E-state index contributed by atoms with van der Waals surface area (Å²) in [6, 6.07) is 12.0. The zero-order chi connectivity index (χ0) is 22.7. The second kappa shape index (κ2) is 9.35. The summed E-state index contributed by atoms with van der Waals surface area (Å²) in [5, 5.41) is 12.1. The molecule has 1 amide bonds. The van der Waals surface area contributed by atoms with E-state index in [1.807, 2.05) is 6.92 Å². The van der Waals surface area contributed by atoms with Crippen LogP contribution in [0.3, 0.4) is 0 Å². The molecule has 7 heteroatoms. The summed E-state index contributed by atoms with van der Waals surface area (Å²) in [4.78, 5) is 26.0. The predicted molar refractivity (Wildman–Crippen MR) is 119 cm³/mol. The number of halogens is 1. The molecule has 0 radical (unpaired) electrons. The summed E-state index contributed by atoms with van der Waals surface area (Å²) < 4.78 is 18.7. The lowest BCUT2D eigenvalue weighted by molar-refractivity contribution is 0.0696. The Kier molecular flexibility index (Phi) is 6.35. The van der Waals surface area contributed by atoms with Gasteiger partial charge in [-0.05, 0) is 66.8 Å². The van der Waals surface area contributed by atoms with Gasteiger partial charge in [-0.3, -0.25) is 4.79 Å². The number of ether oxygens (including phenoxy) is 1. The number of amides is 1. The number of carbonyl (C=O) groups is 2. The van der Waals surface area contributed by atoms with Crippen LogP contribution in [0.25, 0.3) is 0 Å². The molecule has 0 bridgehead atoms. The van der Waals surface area contributed by atoms with Crippen LogP contribution >= 0.6 is 11.3 Å². The van der Waals surface area contributed by atoms with E-state index in [0.717, 1.165) is 16.0 Å². The maximum absolute atomic E-state index is 13.3. The first-order chi connectivity index (χ1) is 15.4. The Morgan fingerprint density at radius 1 is 1.12 bits per heavy atom. The summed E-state index contributed by atoms with van der Waals surface area (Å²) in [5.41, 5.74) is 3.16. The van der Waals surface area contributed by atoms with Crippen molar-refractivity contribution in [2.45, 2.75) is 26.0 Å². The van der Waals surface area contributed by atoms with Crippen molar-refractivity contribution >= 4 is 23.2 Å². The number of benzene rings is 2. The van der Waals surface area contributed by atoms with Gasteiger partial charge in [0.2, 0.25) is 0 Å². The van der Waals surface area contributed by atoms with Crippen LogP contribution in [0.4, 0.5) is 4.39 Å². The SMILES string of the molecule is CC(NC(=O)c1c(C#Cc2ccc(F)cc2)sc2c1CCOC2)c1ccc(C(=O)O)cc1. The quantitative estimate of drug-likeness (QED) is 0.573. The average Bonchev–Trinajstić information content (AvgIpc) is 3.17. The molecule has 0 fully saturated rings. The number of carbonyl (C=O) groups excluding carboxylic acids is 1. The first-order valence-corrected chi connectivity index (χ1v) is 10.9. The molecule has 2 N–H and O–H groups in total. The van der Waals surface area contributed by atoms with Crippen molar-refractivity contribution in [3.63, 3.8) is 0 Å². The fraction of sp³-hybridized carbons (Fsp3) is 0.200. The lowest BCUT2D eigenvalue weighted by atomic mass is 10.0. The van der Waals surface area contributed by atoms with Crippen LogP contribution in [0.5, 0.6) is 0 Å². The molecule has 3 aromatic rings. The van der Waals surface area contributed by atoms with E-state index in [1.54, 1.807) is 24.3 Å². The van der Waals surface area contributed by atoms with Crippen LogP contribution in [-0.2, 0) is 17.8 Å². The van der Waals surface area contributed by atoms with Gasteiger partial charge in [0.05, 0.1) is 35.3 Å². The zero-order valence-corrected chi connectivity index (χ0v) is 18.1. The molecule has 1 aromatic heterocycles. The van der Waals surface area contributed by atoms with Crippen molar-refractivity contribution in [3.05, 3.63) is 91.9 Å². The number of hydrogen-bond acceptors (Lipinski definition) is 4. The Labute approximate surface area is 188 Å². The first-order valence-electron chi connectivity index (χ1n) is 10.1. The molecule has 0 saturated heterocycles. The zero-order valence-electron chi connectivity index (χ0n) is 17.3. The van der Waals surface area contributed by atoms with E-state index < -0.39 is 5.97 Å². The molecule has 1 aliphatic rings. The fourth-order valence-electron chi connectivity index (χ4n) is 3.49. The van der Waals surface area contributed by atoms with Gasteiger partial charge in [0, 0.05) is 10.4 Å². The van der Waals surface area contributed by atoms with E-state index >= 15 is 0 Å². The third kappa shape index (κ3) is 4.72. The number of carboxylic acids is 1. The molecule has 162 valence electrons. The smallest absolute Gasteiger partial charge is 0.335 e. The van der Waals surface area contributed by atoms with Gasteiger partial charge in [0.25, 0.3) is 5.91 Å². The van der Waals surface area contributed by atoms with Crippen LogP contribution in [0.1, 0.15) is 60.1 Å². The Morgan fingerprint density at radius 2 is 1.84 bits per heavy atom. The Morgan fingerprint density at radius 3 is 2.53 bits per heavy atom. The number of fused-ring (bicyclic) bond motifs is 1. The molecule has 0 saturated carbocycles. The summed E-state index contributed by atoms with van der Waals surface area (Å²) in [6.45, 7) is 2.84. The van der Waals surface area contributed by atoms with E-state index in [4.69, 9.17) is 9.84 Å². The average molecular weight is 450 g/mol. The fourth-order valence-corrected chi connectivity index (χ4v) is 4.63. The van der Waals surface area contributed by atoms with Crippen LogP contribution in [0.2, 0.25) is 0 Å². The number of hydrogen-bond donors (Lipinski definition) is 2. The molecule has 2 aromatic carbocycles. The van der Waals surface area contributed by atoms with Gasteiger partial charge in [-0.25, -0.2) is 9.18 Å². The summed E-state index contributed by atoms with van der Waals surface area (Å²) in [6.07, 6.45) is 0.633. The molecule has 1 atom stereocenters. The van der Waals surface area contributed by atoms with Crippen molar-refractivity contribution in [1.29, 1.82) is 0 Å². The van der Waals surface area contributed by atoms with Gasteiger partial charge in [-0.2, -0.15) is 0 Å². The molecule has 2 heterocycles. The Hall–Kier alpha value is -3.47. The van der Waals surface area contributed by atoms with E-state index in [1.165, 1.54) is 35.6 Å². The highest BCUT2D eigenvalue weighted by Gasteiger charge is 2.26. The minimum absolute atomic E-state index is 0.192. The first kappa shape index (κ1) is 21.8. The molecule has 1 unspecified atom stereocenters. The minimum Gasteiger partial charge on any atom is -0.478 e. The summed E-state index contributed by atoms with van der Waals surface area (Å²) >= 11 is 1.44. The highest BCUT2D eigenvalue weighted by molar-refractivity contribution is 7.13. The maximum atomic E-state index is 13.3. The molecular formula is C25H20FNO4S. The van der Waals surface area contributed by atoms with E-state index in [2.05, 4.69) is 17.2 Å². The molecule has 0 spiro atoms. The topological polar surface area (TPSA) is 75.6 Å². The second-order valence-electron chi connectivity index (χ2n) is 7.39. The largest absolute Gasteiger partial charge is 0.478 e. The number of carboxylic acid groups (broad SMARTS) is 1. The molecule has 5 nitrogen and oxygen atoms in total. The number of thiophene rings is 1. The second-order valence-corrected chi connectivity index (χ2v) is 8.49. The summed E-state index contributed by atoms with van der Waals surface area (Å²) in [7, 11) is 0. The van der Waals surface area contributed by atoms with Crippen molar-refractivity contribution in [2.24, 2.45) is 0 Å².